The Hall–Kier alpha value is -3.72. The third-order valence-electron chi connectivity index (χ3n) is 4.71. The molecule has 35 heavy (non-hydrogen) atoms. The number of nitrogens with two attached hydrogens (primary N) is 1. The van der Waals surface area contributed by atoms with E-state index in [0.29, 0.717) is 22.4 Å². The standard InChI is InChI=1S/C18H18F3N5O2.C2HF3O2/c1-10-3-4-12(17(28,9-27)18(19,20)21)5-13(10)14-7-23-16(22)15(25-14)11-6-24-26(2)8-11;3-2(4,5)1(6)7/h3-8,27-28H,9H2,1-2H3,(H2,22,23);(H,6,7). The Morgan fingerprint density at radius 1 is 1.14 bits per heavy atom. The molecule has 1 aromatic carbocycles. The number of carboxylic acid groups (broad SMARTS) is 1. The first-order valence-electron chi connectivity index (χ1n) is 9.44. The second-order valence-corrected chi connectivity index (χ2v) is 7.24. The molecule has 1 atom stereocenters. The Kier molecular flexibility index (Phi) is 7.76. The zero-order valence-corrected chi connectivity index (χ0v) is 18.1. The Balaban J connectivity index is 0.000000540. The van der Waals surface area contributed by atoms with Crippen LogP contribution in [0.3, 0.4) is 0 Å². The highest BCUT2D eigenvalue weighted by Crippen LogP contribution is 2.40. The van der Waals surface area contributed by atoms with E-state index in [1.165, 1.54) is 12.3 Å². The Morgan fingerprint density at radius 2 is 1.74 bits per heavy atom. The fraction of sp³-hybridized carbons (Fsp3) is 0.300. The summed E-state index contributed by atoms with van der Waals surface area (Å²) in [5.41, 5.74) is 4.16. The van der Waals surface area contributed by atoms with Crippen molar-refractivity contribution in [3.05, 3.63) is 47.9 Å². The highest BCUT2D eigenvalue weighted by molar-refractivity contribution is 5.74. The largest absolute Gasteiger partial charge is 0.490 e. The van der Waals surface area contributed by atoms with E-state index < -0.39 is 36.1 Å². The first-order chi connectivity index (χ1) is 16.0. The molecule has 2 aromatic heterocycles. The van der Waals surface area contributed by atoms with Crippen molar-refractivity contribution in [3.8, 4) is 22.5 Å². The molecule has 9 nitrogen and oxygen atoms in total. The fourth-order valence-electron chi connectivity index (χ4n) is 2.78. The van der Waals surface area contributed by atoms with Crippen LogP contribution in [0.15, 0.2) is 36.8 Å². The van der Waals surface area contributed by atoms with Gasteiger partial charge in [0.05, 0.1) is 24.7 Å². The molecule has 1 unspecified atom stereocenters. The summed E-state index contributed by atoms with van der Waals surface area (Å²) >= 11 is 0. The van der Waals surface area contributed by atoms with Crippen LogP contribution in [0.5, 0.6) is 0 Å². The van der Waals surface area contributed by atoms with Gasteiger partial charge in [-0.1, -0.05) is 12.1 Å². The smallest absolute Gasteiger partial charge is 0.475 e. The van der Waals surface area contributed by atoms with E-state index in [0.717, 1.165) is 12.1 Å². The topological polar surface area (TPSA) is 147 Å². The number of halogens is 6. The minimum Gasteiger partial charge on any atom is -0.475 e. The lowest BCUT2D eigenvalue weighted by Crippen LogP contribution is -2.45. The number of carbonyl (C=O) groups is 1. The highest BCUT2D eigenvalue weighted by atomic mass is 19.4. The number of nitrogen functional groups attached to an aromatic ring is 1. The number of hydrogen-bond donors (Lipinski definition) is 4. The van der Waals surface area contributed by atoms with Gasteiger partial charge in [0.25, 0.3) is 0 Å². The van der Waals surface area contributed by atoms with E-state index in [2.05, 4.69) is 15.1 Å². The Bertz CT molecular complexity index is 1210. The van der Waals surface area contributed by atoms with Gasteiger partial charge in [0.15, 0.2) is 0 Å². The summed E-state index contributed by atoms with van der Waals surface area (Å²) in [6.07, 6.45) is -5.57. The van der Waals surface area contributed by atoms with Crippen LogP contribution in [-0.4, -0.2) is 60.0 Å². The lowest BCUT2D eigenvalue weighted by Gasteiger charge is -2.29. The van der Waals surface area contributed by atoms with E-state index in [-0.39, 0.29) is 11.5 Å². The van der Waals surface area contributed by atoms with Crippen LogP contribution in [0.1, 0.15) is 11.1 Å². The number of alkyl halides is 6. The molecule has 0 spiro atoms. The van der Waals surface area contributed by atoms with Gasteiger partial charge in [-0.15, -0.1) is 0 Å². The summed E-state index contributed by atoms with van der Waals surface area (Å²) in [6.45, 7) is 0.180. The lowest BCUT2D eigenvalue weighted by atomic mass is 9.90. The zero-order chi connectivity index (χ0) is 26.8. The maximum Gasteiger partial charge on any atom is 0.490 e. The van der Waals surface area contributed by atoms with Gasteiger partial charge in [-0.05, 0) is 24.1 Å². The predicted molar refractivity (Wildman–Crippen MR) is 110 cm³/mol. The van der Waals surface area contributed by atoms with Gasteiger partial charge in [-0.25, -0.2) is 14.8 Å². The number of rotatable bonds is 4. The fourth-order valence-corrected chi connectivity index (χ4v) is 2.78. The van der Waals surface area contributed by atoms with Crippen LogP contribution in [0.25, 0.3) is 22.5 Å². The lowest BCUT2D eigenvalue weighted by molar-refractivity contribution is -0.277. The molecule has 3 rings (SSSR count). The van der Waals surface area contributed by atoms with E-state index >= 15 is 0 Å². The van der Waals surface area contributed by atoms with Crippen molar-refractivity contribution < 1.29 is 46.5 Å². The normalized spacial score (nSPS) is 13.5. The molecule has 0 radical (unpaired) electrons. The molecular formula is C20H19F6N5O4. The van der Waals surface area contributed by atoms with Gasteiger partial charge in [0.2, 0.25) is 5.60 Å². The minimum atomic E-state index is -5.08. The molecule has 0 fully saturated rings. The van der Waals surface area contributed by atoms with Crippen molar-refractivity contribution in [1.82, 2.24) is 19.7 Å². The summed E-state index contributed by atoms with van der Waals surface area (Å²) in [7, 11) is 1.72. The third kappa shape index (κ3) is 6.05. The molecular weight excluding hydrogens is 488 g/mol. The number of anilines is 1. The number of aryl methyl sites for hydroxylation is 2. The van der Waals surface area contributed by atoms with Crippen molar-refractivity contribution >= 4 is 11.8 Å². The number of aliphatic hydroxyl groups is 2. The number of benzene rings is 1. The van der Waals surface area contributed by atoms with Crippen LogP contribution >= 0.6 is 0 Å². The summed E-state index contributed by atoms with van der Waals surface area (Å²) in [6, 6.07) is 3.68. The summed E-state index contributed by atoms with van der Waals surface area (Å²) < 4.78 is 73.2. The molecule has 0 aliphatic rings. The molecule has 2 heterocycles. The SMILES string of the molecule is Cc1ccc(C(O)(CO)C(F)(F)F)cc1-c1cnc(N)c(-c2cnn(C)c2)n1.O=C(O)C(F)(F)F. The monoisotopic (exact) mass is 507 g/mol. The maximum absolute atomic E-state index is 13.3. The second kappa shape index (κ2) is 9.87. The second-order valence-electron chi connectivity index (χ2n) is 7.24. The predicted octanol–water partition coefficient (Wildman–Crippen LogP) is 2.81. The molecule has 0 saturated heterocycles. The van der Waals surface area contributed by atoms with Crippen molar-refractivity contribution in [1.29, 1.82) is 0 Å². The minimum absolute atomic E-state index is 0.146. The molecule has 0 aliphatic heterocycles. The molecule has 0 amide bonds. The molecule has 190 valence electrons. The van der Waals surface area contributed by atoms with Crippen LogP contribution in [0.2, 0.25) is 0 Å². The number of carboxylic acids is 1. The zero-order valence-electron chi connectivity index (χ0n) is 18.1. The van der Waals surface area contributed by atoms with Gasteiger partial charge in [-0.2, -0.15) is 31.4 Å². The number of aliphatic carboxylic acids is 1. The first kappa shape index (κ1) is 27.5. The summed E-state index contributed by atoms with van der Waals surface area (Å²) in [4.78, 5) is 17.4. The van der Waals surface area contributed by atoms with Gasteiger partial charge in [0, 0.05) is 24.4 Å². The molecule has 0 bridgehead atoms. The van der Waals surface area contributed by atoms with Gasteiger partial charge in [-0.3, -0.25) is 4.68 Å². The summed E-state index contributed by atoms with van der Waals surface area (Å²) in [5, 5.41) is 30.4. The van der Waals surface area contributed by atoms with E-state index in [4.69, 9.17) is 15.6 Å². The van der Waals surface area contributed by atoms with E-state index in [1.54, 1.807) is 31.0 Å². The van der Waals surface area contributed by atoms with Crippen LogP contribution in [0, 0.1) is 6.92 Å². The quantitative estimate of drug-likeness (QED) is 0.394. The van der Waals surface area contributed by atoms with Crippen molar-refractivity contribution in [2.75, 3.05) is 12.3 Å². The maximum atomic E-state index is 13.3. The number of aliphatic hydroxyl groups excluding tert-OH is 1. The Labute approximate surface area is 193 Å². The first-order valence-corrected chi connectivity index (χ1v) is 9.44. The number of aromatic nitrogens is 4. The summed E-state index contributed by atoms with van der Waals surface area (Å²) in [5.74, 6) is -2.61. The van der Waals surface area contributed by atoms with Crippen LogP contribution < -0.4 is 5.73 Å². The number of nitrogens with zero attached hydrogens (tertiary/aromatic N) is 4. The highest BCUT2D eigenvalue weighted by Gasteiger charge is 2.54. The molecule has 15 heteroatoms. The average molecular weight is 507 g/mol. The van der Waals surface area contributed by atoms with Gasteiger partial charge >= 0.3 is 18.3 Å². The molecule has 3 aromatic rings. The van der Waals surface area contributed by atoms with E-state index in [1.807, 2.05) is 0 Å². The van der Waals surface area contributed by atoms with Crippen LogP contribution in [-0.2, 0) is 17.4 Å². The van der Waals surface area contributed by atoms with Gasteiger partial charge < -0.3 is 21.1 Å². The molecule has 5 N–H and O–H groups in total. The van der Waals surface area contributed by atoms with Gasteiger partial charge in [0.1, 0.15) is 11.5 Å². The molecule has 0 aliphatic carbocycles. The van der Waals surface area contributed by atoms with E-state index in [9.17, 15) is 36.6 Å². The van der Waals surface area contributed by atoms with Crippen molar-refractivity contribution in [2.24, 2.45) is 7.05 Å². The average Bonchev–Trinajstić information content (AvgIpc) is 3.19. The Morgan fingerprint density at radius 3 is 2.20 bits per heavy atom. The third-order valence-corrected chi connectivity index (χ3v) is 4.71. The molecule has 0 saturated carbocycles. The van der Waals surface area contributed by atoms with Crippen molar-refractivity contribution in [3.63, 3.8) is 0 Å². The van der Waals surface area contributed by atoms with Crippen LogP contribution in [0.4, 0.5) is 32.2 Å². The van der Waals surface area contributed by atoms with Crippen molar-refractivity contribution in [2.45, 2.75) is 24.9 Å². The number of hydrogen-bond acceptors (Lipinski definition) is 7.